The van der Waals surface area contributed by atoms with Gasteiger partial charge in [-0.1, -0.05) is 24.3 Å². The van der Waals surface area contributed by atoms with Crippen LogP contribution in [0.5, 0.6) is 11.5 Å². The van der Waals surface area contributed by atoms with Gasteiger partial charge in [-0.2, -0.15) is 0 Å². The Balaban J connectivity index is 2.10. The van der Waals surface area contributed by atoms with Gasteiger partial charge >= 0.3 is 0 Å². The monoisotopic (exact) mass is 327 g/mol. The highest BCUT2D eigenvalue weighted by Gasteiger charge is 2.43. The molecule has 1 fully saturated rings. The summed E-state index contributed by atoms with van der Waals surface area (Å²) in [6, 6.07) is 16.5. The third-order valence-electron chi connectivity index (χ3n) is 4.91. The second kappa shape index (κ2) is 7.24. The summed E-state index contributed by atoms with van der Waals surface area (Å²) in [5.41, 5.74) is 1.71. The van der Waals surface area contributed by atoms with Crippen molar-refractivity contribution in [2.75, 3.05) is 27.9 Å². The van der Waals surface area contributed by atoms with Crippen LogP contribution in [0.25, 0.3) is 0 Å². The maximum Gasteiger partial charge on any atom is 0.133 e. The Kier molecular flexibility index (Phi) is 5.07. The van der Waals surface area contributed by atoms with Crippen LogP contribution in [0.4, 0.5) is 0 Å². The van der Waals surface area contributed by atoms with Crippen molar-refractivity contribution in [2.24, 2.45) is 0 Å². The van der Waals surface area contributed by atoms with E-state index in [9.17, 15) is 0 Å². The fourth-order valence-corrected chi connectivity index (χ4v) is 3.66. The van der Waals surface area contributed by atoms with E-state index in [4.69, 9.17) is 14.2 Å². The van der Waals surface area contributed by atoms with Crippen LogP contribution in [-0.2, 0) is 10.3 Å². The van der Waals surface area contributed by atoms with Gasteiger partial charge < -0.3 is 19.5 Å². The van der Waals surface area contributed by atoms with Gasteiger partial charge in [0.1, 0.15) is 17.1 Å². The zero-order chi connectivity index (χ0) is 17.0. The third-order valence-corrected chi connectivity index (χ3v) is 4.91. The highest BCUT2D eigenvalue weighted by atomic mass is 16.5. The van der Waals surface area contributed by atoms with Gasteiger partial charge in [0.05, 0.1) is 14.2 Å². The second-order valence-corrected chi connectivity index (χ2v) is 6.05. The van der Waals surface area contributed by atoms with Crippen molar-refractivity contribution in [3.63, 3.8) is 0 Å². The number of rotatable bonds is 6. The molecule has 1 unspecified atom stereocenters. The normalized spacial score (nSPS) is 17.7. The molecule has 1 atom stereocenters. The maximum absolute atomic E-state index is 6.20. The largest absolute Gasteiger partial charge is 0.497 e. The van der Waals surface area contributed by atoms with Crippen molar-refractivity contribution >= 4 is 0 Å². The molecular weight excluding hydrogens is 302 g/mol. The third kappa shape index (κ3) is 2.87. The van der Waals surface area contributed by atoms with E-state index in [2.05, 4.69) is 29.6 Å². The van der Waals surface area contributed by atoms with Gasteiger partial charge in [0.15, 0.2) is 0 Å². The minimum Gasteiger partial charge on any atom is -0.497 e. The predicted octanol–water partition coefficient (Wildman–Crippen LogP) is 3.35. The Morgan fingerprint density at radius 3 is 1.67 bits per heavy atom. The Bertz CT molecular complexity index is 598. The molecule has 2 aromatic carbocycles. The van der Waals surface area contributed by atoms with E-state index in [0.29, 0.717) is 0 Å². The van der Waals surface area contributed by atoms with E-state index in [0.717, 1.165) is 42.0 Å². The lowest BCUT2D eigenvalue weighted by molar-refractivity contribution is -0.00633. The molecular formula is C20H25NO3. The fraction of sp³-hybridized carbons (Fsp3) is 0.400. The highest BCUT2D eigenvalue weighted by molar-refractivity contribution is 5.43. The molecule has 3 rings (SSSR count). The second-order valence-electron chi connectivity index (χ2n) is 6.05. The Hall–Kier alpha value is -2.04. The summed E-state index contributed by atoms with van der Waals surface area (Å²) in [5, 5.41) is 3.62. The van der Waals surface area contributed by atoms with Crippen LogP contribution in [0, 0.1) is 0 Å². The molecule has 4 nitrogen and oxygen atoms in total. The smallest absolute Gasteiger partial charge is 0.133 e. The molecule has 4 heteroatoms. The SMILES string of the molecule is COc1ccc(C(OC)(c2ccc(OC)cc2)C2CCCN2)cc1. The summed E-state index contributed by atoms with van der Waals surface area (Å²) < 4.78 is 16.8. The minimum absolute atomic E-state index is 0.226. The van der Waals surface area contributed by atoms with Crippen molar-refractivity contribution in [1.29, 1.82) is 0 Å². The zero-order valence-electron chi connectivity index (χ0n) is 14.5. The molecule has 1 heterocycles. The molecule has 24 heavy (non-hydrogen) atoms. The number of nitrogens with one attached hydrogen (secondary N) is 1. The Morgan fingerprint density at radius 2 is 1.33 bits per heavy atom. The van der Waals surface area contributed by atoms with Crippen molar-refractivity contribution in [3.05, 3.63) is 59.7 Å². The van der Waals surface area contributed by atoms with E-state index in [1.165, 1.54) is 0 Å². The first-order chi connectivity index (χ1) is 11.7. The predicted molar refractivity (Wildman–Crippen MR) is 94.8 cm³/mol. The van der Waals surface area contributed by atoms with Crippen LogP contribution in [0.15, 0.2) is 48.5 Å². The summed E-state index contributed by atoms with van der Waals surface area (Å²) in [6.45, 7) is 1.02. The summed E-state index contributed by atoms with van der Waals surface area (Å²) in [7, 11) is 5.15. The number of hydrogen-bond donors (Lipinski definition) is 1. The summed E-state index contributed by atoms with van der Waals surface area (Å²) in [5.74, 6) is 1.69. The molecule has 0 radical (unpaired) electrons. The number of benzene rings is 2. The van der Waals surface area contributed by atoms with Gasteiger partial charge in [0, 0.05) is 13.2 Å². The molecule has 1 aliphatic rings. The van der Waals surface area contributed by atoms with Gasteiger partial charge in [-0.25, -0.2) is 0 Å². The molecule has 128 valence electrons. The average Bonchev–Trinajstić information content (AvgIpc) is 3.19. The first-order valence-corrected chi connectivity index (χ1v) is 8.32. The van der Waals surface area contributed by atoms with Gasteiger partial charge in [-0.15, -0.1) is 0 Å². The quantitative estimate of drug-likeness (QED) is 0.883. The Labute approximate surface area is 143 Å². The first-order valence-electron chi connectivity index (χ1n) is 8.32. The summed E-state index contributed by atoms with van der Waals surface area (Å²) >= 11 is 0. The van der Waals surface area contributed by atoms with Crippen LogP contribution >= 0.6 is 0 Å². The van der Waals surface area contributed by atoms with Gasteiger partial charge in [-0.05, 0) is 54.8 Å². The van der Waals surface area contributed by atoms with E-state index in [1.807, 2.05) is 24.3 Å². The maximum atomic E-state index is 6.20. The summed E-state index contributed by atoms with van der Waals surface area (Å²) in [4.78, 5) is 0. The Morgan fingerprint density at radius 1 is 0.833 bits per heavy atom. The van der Waals surface area contributed by atoms with Crippen molar-refractivity contribution < 1.29 is 14.2 Å². The fourth-order valence-electron chi connectivity index (χ4n) is 3.66. The lowest BCUT2D eigenvalue weighted by Crippen LogP contribution is -2.47. The number of methoxy groups -OCH3 is 3. The van der Waals surface area contributed by atoms with E-state index >= 15 is 0 Å². The van der Waals surface area contributed by atoms with Crippen molar-refractivity contribution in [2.45, 2.75) is 24.5 Å². The molecule has 1 saturated heterocycles. The molecule has 0 bridgehead atoms. The van der Waals surface area contributed by atoms with E-state index in [1.54, 1.807) is 21.3 Å². The zero-order valence-corrected chi connectivity index (χ0v) is 14.5. The lowest BCUT2D eigenvalue weighted by Gasteiger charge is -2.39. The molecule has 0 aromatic heterocycles. The van der Waals surface area contributed by atoms with Gasteiger partial charge in [-0.3, -0.25) is 0 Å². The average molecular weight is 327 g/mol. The van der Waals surface area contributed by atoms with Crippen molar-refractivity contribution in [3.8, 4) is 11.5 Å². The standard InChI is InChI=1S/C20H25NO3/c1-22-17-10-6-15(7-11-17)20(24-3,19-5-4-14-21-19)16-8-12-18(23-2)13-9-16/h6-13,19,21H,4-5,14H2,1-3H3. The molecule has 2 aromatic rings. The first kappa shape index (κ1) is 16.8. The van der Waals surface area contributed by atoms with Crippen LogP contribution in [0.2, 0.25) is 0 Å². The van der Waals surface area contributed by atoms with Crippen LogP contribution < -0.4 is 14.8 Å². The molecule has 0 amide bonds. The molecule has 0 aliphatic carbocycles. The van der Waals surface area contributed by atoms with E-state index < -0.39 is 5.60 Å². The molecule has 0 saturated carbocycles. The van der Waals surface area contributed by atoms with Crippen LogP contribution in [0.1, 0.15) is 24.0 Å². The summed E-state index contributed by atoms with van der Waals surface area (Å²) in [6.07, 6.45) is 2.23. The topological polar surface area (TPSA) is 39.7 Å². The van der Waals surface area contributed by atoms with Gasteiger partial charge in [0.2, 0.25) is 0 Å². The van der Waals surface area contributed by atoms with Gasteiger partial charge in [0.25, 0.3) is 0 Å². The van der Waals surface area contributed by atoms with E-state index in [-0.39, 0.29) is 6.04 Å². The van der Waals surface area contributed by atoms with Crippen LogP contribution in [0.3, 0.4) is 0 Å². The van der Waals surface area contributed by atoms with Crippen LogP contribution in [-0.4, -0.2) is 33.9 Å². The lowest BCUT2D eigenvalue weighted by atomic mass is 9.79. The highest BCUT2D eigenvalue weighted by Crippen LogP contribution is 2.40. The number of ether oxygens (including phenoxy) is 3. The number of hydrogen-bond acceptors (Lipinski definition) is 4. The molecule has 0 spiro atoms. The minimum atomic E-state index is -0.533. The molecule has 1 aliphatic heterocycles. The van der Waals surface area contributed by atoms with Crippen molar-refractivity contribution in [1.82, 2.24) is 5.32 Å². The molecule has 1 N–H and O–H groups in total.